The van der Waals surface area contributed by atoms with Crippen LogP contribution in [0.25, 0.3) is 0 Å². The highest BCUT2D eigenvalue weighted by molar-refractivity contribution is 5.69. The van der Waals surface area contributed by atoms with Crippen molar-refractivity contribution in [2.24, 2.45) is 0 Å². The maximum atomic E-state index is 11.8. The van der Waals surface area contributed by atoms with E-state index >= 15 is 0 Å². The van der Waals surface area contributed by atoms with E-state index in [2.05, 4.69) is 9.97 Å². The van der Waals surface area contributed by atoms with Crippen molar-refractivity contribution < 1.29 is 19.4 Å². The summed E-state index contributed by atoms with van der Waals surface area (Å²) in [6.45, 7) is 5.05. The molecule has 1 aromatic heterocycles. The lowest BCUT2D eigenvalue weighted by Crippen LogP contribution is -2.50. The Balaban J connectivity index is 1.78. The molecule has 154 valence electrons. The minimum Gasteiger partial charge on any atom is -0.465 e. The Hall–Kier alpha value is -3.16. The number of anilines is 1. The smallest absolute Gasteiger partial charge is 0.407 e. The van der Waals surface area contributed by atoms with Gasteiger partial charge in [0.15, 0.2) is 11.9 Å². The van der Waals surface area contributed by atoms with E-state index < -0.39 is 12.2 Å². The normalized spacial score (nSPS) is 17.7. The zero-order valence-electron chi connectivity index (χ0n) is 16.7. The highest BCUT2D eigenvalue weighted by Crippen LogP contribution is 2.28. The van der Waals surface area contributed by atoms with Gasteiger partial charge in [0.1, 0.15) is 5.82 Å². The Bertz CT molecular complexity index is 846. The predicted molar refractivity (Wildman–Crippen MR) is 108 cm³/mol. The molecule has 2 heterocycles. The molecule has 8 nitrogen and oxygen atoms in total. The molecule has 3 rings (SSSR count). The van der Waals surface area contributed by atoms with Crippen molar-refractivity contribution in [1.82, 2.24) is 14.9 Å². The Labute approximate surface area is 170 Å². The van der Waals surface area contributed by atoms with E-state index in [4.69, 9.17) is 4.74 Å². The van der Waals surface area contributed by atoms with E-state index in [9.17, 15) is 14.7 Å². The summed E-state index contributed by atoms with van der Waals surface area (Å²) in [7, 11) is 0. The summed E-state index contributed by atoms with van der Waals surface area (Å²) < 4.78 is 5.39. The zero-order valence-corrected chi connectivity index (χ0v) is 16.7. The van der Waals surface area contributed by atoms with Gasteiger partial charge in [-0.3, -0.25) is 9.69 Å². The summed E-state index contributed by atoms with van der Waals surface area (Å²) in [6, 6.07) is 11.1. The molecule has 8 heteroatoms. The van der Waals surface area contributed by atoms with Crippen LogP contribution in [0.4, 0.5) is 10.6 Å². The largest absolute Gasteiger partial charge is 0.465 e. The van der Waals surface area contributed by atoms with Crippen LogP contribution in [0.5, 0.6) is 0 Å². The van der Waals surface area contributed by atoms with E-state index in [1.54, 1.807) is 19.2 Å². The molecule has 2 atom stereocenters. The first-order chi connectivity index (χ1) is 14.0. The molecule has 1 fully saturated rings. The van der Waals surface area contributed by atoms with Gasteiger partial charge in [-0.1, -0.05) is 37.3 Å². The minimum atomic E-state index is -0.932. The fraction of sp³-hybridized carbons (Fsp3) is 0.429. The average Bonchev–Trinajstić information content (AvgIpc) is 2.74. The lowest BCUT2D eigenvalue weighted by molar-refractivity contribution is -0.149. The Morgan fingerprint density at radius 2 is 2.00 bits per heavy atom. The van der Waals surface area contributed by atoms with Gasteiger partial charge in [-0.15, -0.1) is 0 Å². The third-order valence-electron chi connectivity index (χ3n) is 4.92. The van der Waals surface area contributed by atoms with Gasteiger partial charge in [0.05, 0.1) is 6.04 Å². The SMILES string of the molecule is CCCC(=O)OC(C)c1nccc(N2CCN(C(=O)O)C(c3ccccc3)C2)n1. The van der Waals surface area contributed by atoms with Crippen molar-refractivity contribution in [2.45, 2.75) is 38.8 Å². The van der Waals surface area contributed by atoms with Crippen LogP contribution in [0.15, 0.2) is 42.6 Å². The highest BCUT2D eigenvalue weighted by Gasteiger charge is 2.32. The van der Waals surface area contributed by atoms with Crippen LogP contribution in [-0.2, 0) is 9.53 Å². The van der Waals surface area contributed by atoms with Gasteiger partial charge < -0.3 is 14.7 Å². The fourth-order valence-electron chi connectivity index (χ4n) is 3.43. The quantitative estimate of drug-likeness (QED) is 0.745. The third kappa shape index (κ3) is 5.01. The molecule has 1 aliphatic heterocycles. The van der Waals surface area contributed by atoms with Gasteiger partial charge in [0.2, 0.25) is 0 Å². The molecule has 0 radical (unpaired) electrons. The number of esters is 1. The lowest BCUT2D eigenvalue weighted by Gasteiger charge is -2.40. The number of carbonyl (C=O) groups excluding carboxylic acids is 1. The average molecular weight is 398 g/mol. The summed E-state index contributed by atoms with van der Waals surface area (Å²) in [4.78, 5) is 35.8. The van der Waals surface area contributed by atoms with E-state index in [1.807, 2.05) is 42.2 Å². The number of carbonyl (C=O) groups is 2. The van der Waals surface area contributed by atoms with Gasteiger partial charge in [-0.2, -0.15) is 0 Å². The van der Waals surface area contributed by atoms with Crippen molar-refractivity contribution >= 4 is 17.9 Å². The number of aromatic nitrogens is 2. The highest BCUT2D eigenvalue weighted by atomic mass is 16.5. The predicted octanol–water partition coefficient (Wildman–Crippen LogP) is 3.42. The summed E-state index contributed by atoms with van der Waals surface area (Å²) in [5.41, 5.74) is 0.941. The number of amides is 1. The van der Waals surface area contributed by atoms with E-state index in [-0.39, 0.29) is 12.0 Å². The summed E-state index contributed by atoms with van der Waals surface area (Å²) >= 11 is 0. The molecule has 1 N–H and O–H groups in total. The van der Waals surface area contributed by atoms with E-state index in [1.165, 1.54) is 4.90 Å². The number of benzene rings is 1. The first-order valence-corrected chi connectivity index (χ1v) is 9.81. The van der Waals surface area contributed by atoms with Crippen LogP contribution < -0.4 is 4.90 Å². The molecule has 2 aromatic rings. The van der Waals surface area contributed by atoms with Crippen LogP contribution in [0, 0.1) is 0 Å². The fourth-order valence-corrected chi connectivity index (χ4v) is 3.43. The monoisotopic (exact) mass is 398 g/mol. The second kappa shape index (κ2) is 9.36. The van der Waals surface area contributed by atoms with E-state index in [0.29, 0.717) is 37.7 Å². The lowest BCUT2D eigenvalue weighted by atomic mass is 10.0. The van der Waals surface area contributed by atoms with E-state index in [0.717, 1.165) is 12.0 Å². The molecule has 0 bridgehead atoms. The van der Waals surface area contributed by atoms with Gasteiger partial charge in [-0.05, 0) is 25.0 Å². The summed E-state index contributed by atoms with van der Waals surface area (Å²) in [5, 5.41) is 9.60. The number of piperazine rings is 1. The number of carboxylic acid groups (broad SMARTS) is 1. The van der Waals surface area contributed by atoms with Gasteiger partial charge in [0, 0.05) is 32.3 Å². The molecule has 1 amide bonds. The minimum absolute atomic E-state index is 0.270. The first-order valence-electron chi connectivity index (χ1n) is 9.81. The zero-order chi connectivity index (χ0) is 20.8. The molecule has 1 aromatic carbocycles. The number of nitrogens with zero attached hydrogens (tertiary/aromatic N) is 4. The van der Waals surface area contributed by atoms with Crippen LogP contribution in [-0.4, -0.2) is 51.7 Å². The molecule has 1 aliphatic rings. The second-order valence-electron chi connectivity index (χ2n) is 7.00. The van der Waals surface area contributed by atoms with Gasteiger partial charge >= 0.3 is 12.1 Å². The molecule has 0 spiro atoms. The van der Waals surface area contributed by atoms with Crippen molar-refractivity contribution in [1.29, 1.82) is 0 Å². The molecule has 0 saturated carbocycles. The number of rotatable bonds is 6. The van der Waals surface area contributed by atoms with Gasteiger partial charge in [0.25, 0.3) is 0 Å². The molecule has 2 unspecified atom stereocenters. The van der Waals surface area contributed by atoms with Crippen LogP contribution >= 0.6 is 0 Å². The molecular formula is C21H26N4O4. The summed E-state index contributed by atoms with van der Waals surface area (Å²) in [6.07, 6.45) is 1.25. The Morgan fingerprint density at radius 3 is 2.69 bits per heavy atom. The number of hydrogen-bond donors (Lipinski definition) is 1. The maximum absolute atomic E-state index is 11.8. The molecule has 1 saturated heterocycles. The second-order valence-corrected chi connectivity index (χ2v) is 7.00. The van der Waals surface area contributed by atoms with Gasteiger partial charge in [-0.25, -0.2) is 14.8 Å². The van der Waals surface area contributed by atoms with Crippen molar-refractivity contribution in [2.75, 3.05) is 24.5 Å². The first kappa shape index (κ1) is 20.6. The van der Waals surface area contributed by atoms with Crippen molar-refractivity contribution in [3.8, 4) is 0 Å². The Morgan fingerprint density at radius 1 is 1.24 bits per heavy atom. The number of ether oxygens (including phenoxy) is 1. The number of hydrogen-bond acceptors (Lipinski definition) is 6. The molecule has 29 heavy (non-hydrogen) atoms. The summed E-state index contributed by atoms with van der Waals surface area (Å²) in [5.74, 6) is 0.858. The third-order valence-corrected chi connectivity index (χ3v) is 4.92. The molecular weight excluding hydrogens is 372 g/mol. The van der Waals surface area contributed by atoms with Crippen LogP contribution in [0.3, 0.4) is 0 Å². The Kier molecular flexibility index (Phi) is 6.64. The van der Waals surface area contributed by atoms with Crippen molar-refractivity contribution in [3.63, 3.8) is 0 Å². The topological polar surface area (TPSA) is 95.9 Å². The van der Waals surface area contributed by atoms with Crippen LogP contribution in [0.1, 0.15) is 50.2 Å². The van der Waals surface area contributed by atoms with Crippen LogP contribution in [0.2, 0.25) is 0 Å². The standard InChI is InChI=1S/C21H26N4O4/c1-3-7-19(26)29-15(2)20-22-11-10-18(23-20)24-12-13-25(21(27)28)17(14-24)16-8-5-4-6-9-16/h4-6,8-11,15,17H,3,7,12-14H2,1-2H3,(H,27,28). The van der Waals surface area contributed by atoms with Crippen molar-refractivity contribution in [3.05, 3.63) is 54.0 Å². The maximum Gasteiger partial charge on any atom is 0.407 e. The molecule has 0 aliphatic carbocycles.